The molecule has 2 aliphatic heterocycles. The van der Waals surface area contributed by atoms with Crippen LogP contribution in [0.15, 0.2) is 11.6 Å². The predicted molar refractivity (Wildman–Crippen MR) is 221 cm³/mol. The van der Waals surface area contributed by atoms with Gasteiger partial charge in [-0.1, -0.05) is 47.1 Å². The monoisotopic (exact) mass is 837 g/mol. The zero-order chi connectivity index (χ0) is 44.1. The van der Waals surface area contributed by atoms with Gasteiger partial charge >= 0.3 is 11.9 Å². The summed E-state index contributed by atoms with van der Waals surface area (Å²) in [5.74, 6) is -4.93. The number of likely N-dealkylation sites (tertiary alicyclic amines) is 2. The number of rotatable bonds is 22. The second kappa shape index (κ2) is 22.4. The van der Waals surface area contributed by atoms with E-state index in [-0.39, 0.29) is 74.5 Å². The molecule has 17 nitrogen and oxygen atoms in total. The van der Waals surface area contributed by atoms with Gasteiger partial charge < -0.3 is 36.4 Å². The Hall–Kier alpha value is -4.03. The van der Waals surface area contributed by atoms with Gasteiger partial charge in [-0.15, -0.1) is 11.8 Å². The number of piperidine rings is 1. The molecular formula is C40H67N7O10S. The third kappa shape index (κ3) is 14.4. The molecule has 2 rings (SSSR count). The van der Waals surface area contributed by atoms with Crippen LogP contribution in [-0.2, 0) is 38.4 Å². The molecule has 6 N–H and O–H groups in total. The average molecular weight is 838 g/mol. The van der Waals surface area contributed by atoms with Crippen LogP contribution in [-0.4, -0.2) is 154 Å². The van der Waals surface area contributed by atoms with Gasteiger partial charge in [0.2, 0.25) is 35.4 Å². The minimum atomic E-state index is -1.41. The lowest BCUT2D eigenvalue weighted by Crippen LogP contribution is -2.64. The Morgan fingerprint density at radius 2 is 1.64 bits per heavy atom. The maximum absolute atomic E-state index is 14.0. The number of carboxylic acids is 2. The first kappa shape index (κ1) is 50.1. The smallest absolute Gasteiger partial charge is 0.326 e. The summed E-state index contributed by atoms with van der Waals surface area (Å²) in [5, 5.41) is 29.1. The average Bonchev–Trinajstić information content (AvgIpc) is 3.40. The minimum absolute atomic E-state index is 0.00313. The molecule has 0 aromatic heterocycles. The van der Waals surface area contributed by atoms with Gasteiger partial charge in [-0.3, -0.25) is 43.4 Å². The fourth-order valence-corrected chi connectivity index (χ4v) is 8.57. The van der Waals surface area contributed by atoms with Crippen LogP contribution in [0.5, 0.6) is 0 Å². The molecule has 2 heterocycles. The van der Waals surface area contributed by atoms with Crippen molar-refractivity contribution in [1.82, 2.24) is 36.0 Å². The van der Waals surface area contributed by atoms with E-state index in [1.54, 1.807) is 14.1 Å². The van der Waals surface area contributed by atoms with Crippen molar-refractivity contribution in [3.05, 3.63) is 11.6 Å². The summed E-state index contributed by atoms with van der Waals surface area (Å²) < 4.78 is 0. The highest BCUT2D eigenvalue weighted by molar-refractivity contribution is 8.00. The Morgan fingerprint density at radius 3 is 2.21 bits per heavy atom. The molecule has 2 saturated heterocycles. The number of carbonyl (C=O) groups is 8. The minimum Gasteiger partial charge on any atom is -0.481 e. The van der Waals surface area contributed by atoms with Crippen molar-refractivity contribution < 1.29 is 48.6 Å². The summed E-state index contributed by atoms with van der Waals surface area (Å²) in [4.78, 5) is 106. The van der Waals surface area contributed by atoms with Crippen LogP contribution in [0.4, 0.5) is 0 Å². The lowest BCUT2D eigenvalue weighted by molar-refractivity contribution is -0.142. The lowest BCUT2D eigenvalue weighted by atomic mass is 9.72. The van der Waals surface area contributed by atoms with E-state index in [1.165, 1.54) is 17.9 Å². The highest BCUT2D eigenvalue weighted by Gasteiger charge is 2.46. The van der Waals surface area contributed by atoms with Crippen LogP contribution in [0.2, 0.25) is 0 Å². The van der Waals surface area contributed by atoms with Crippen LogP contribution in [0.1, 0.15) is 100 Å². The number of carboxylic acid groups (broad SMARTS) is 2. The molecule has 0 radical (unpaired) electrons. The van der Waals surface area contributed by atoms with Crippen molar-refractivity contribution in [2.45, 2.75) is 136 Å². The fraction of sp³-hybridized carbons (Fsp3) is 0.750. The zero-order valence-corrected chi connectivity index (χ0v) is 36.8. The standard InChI is InChI=1S/C40H67N7O10S/c1-24(2)46-19-12-11-13-28(46)40(7,8)32(41-9)35(53)44-33(39(4,5)6)37(55)45(10)20-16-25(3)34(52)43-26(38(56)57)14-15-29(48)42-18-21-47-30(49)23-27(36(47)54)58-22-17-31(50)51/h16,24,26-28,32-33,41H,11-15,17-23H2,1-10H3,(H,42,48)(H,43,52)(H,44,53)(H,50,51)(H,56,57)/b25-16+/t26-,27?,28?,32-,33?/m1/s1. The van der Waals surface area contributed by atoms with E-state index >= 15 is 0 Å². The van der Waals surface area contributed by atoms with Crippen LogP contribution >= 0.6 is 11.8 Å². The highest BCUT2D eigenvalue weighted by atomic mass is 32.2. The molecule has 18 heteroatoms. The number of nitrogens with one attached hydrogen (secondary N) is 4. The molecule has 2 fully saturated rings. The molecule has 0 aromatic carbocycles. The van der Waals surface area contributed by atoms with Crippen molar-refractivity contribution in [3.63, 3.8) is 0 Å². The van der Waals surface area contributed by atoms with Crippen molar-refractivity contribution in [2.75, 3.05) is 46.0 Å². The summed E-state index contributed by atoms with van der Waals surface area (Å²) in [6.45, 7) is 16.4. The van der Waals surface area contributed by atoms with E-state index in [0.29, 0.717) is 6.04 Å². The van der Waals surface area contributed by atoms with Gasteiger partial charge in [-0.05, 0) is 59.0 Å². The number of imide groups is 1. The lowest BCUT2D eigenvalue weighted by Gasteiger charge is -2.50. The number of likely N-dealkylation sites (N-methyl/N-ethyl adjacent to an activating group) is 2. The number of hydrogen-bond donors (Lipinski definition) is 6. The summed E-state index contributed by atoms with van der Waals surface area (Å²) in [7, 11) is 3.32. The summed E-state index contributed by atoms with van der Waals surface area (Å²) in [6, 6.07) is -2.39. The Bertz CT molecular complexity index is 1550. The van der Waals surface area contributed by atoms with Crippen molar-refractivity contribution in [3.8, 4) is 0 Å². The number of thioether (sulfide) groups is 1. The topological polar surface area (TPSA) is 235 Å². The van der Waals surface area contributed by atoms with Gasteiger partial charge in [0.15, 0.2) is 0 Å². The maximum Gasteiger partial charge on any atom is 0.326 e. The molecule has 2 aliphatic rings. The highest BCUT2D eigenvalue weighted by Crippen LogP contribution is 2.37. The number of aliphatic carboxylic acids is 2. The Kier molecular flexibility index (Phi) is 19.3. The van der Waals surface area contributed by atoms with Gasteiger partial charge in [-0.25, -0.2) is 4.79 Å². The van der Waals surface area contributed by atoms with Crippen LogP contribution < -0.4 is 21.3 Å². The Balaban J connectivity index is 1.96. The predicted octanol–water partition coefficient (Wildman–Crippen LogP) is 1.60. The first-order valence-corrected chi connectivity index (χ1v) is 21.1. The van der Waals surface area contributed by atoms with E-state index in [4.69, 9.17) is 5.11 Å². The second-order valence-electron chi connectivity index (χ2n) is 17.1. The van der Waals surface area contributed by atoms with Crippen molar-refractivity contribution in [1.29, 1.82) is 0 Å². The quantitative estimate of drug-likeness (QED) is 0.0673. The molecular weight excluding hydrogens is 771 g/mol. The summed E-state index contributed by atoms with van der Waals surface area (Å²) in [5.41, 5.74) is -0.977. The number of amides is 6. The van der Waals surface area contributed by atoms with Gasteiger partial charge in [0.25, 0.3) is 0 Å². The molecule has 328 valence electrons. The van der Waals surface area contributed by atoms with Crippen molar-refractivity contribution >= 4 is 59.1 Å². The van der Waals surface area contributed by atoms with Gasteiger partial charge in [0, 0.05) is 68.3 Å². The van der Waals surface area contributed by atoms with E-state index in [9.17, 15) is 43.5 Å². The molecule has 0 bridgehead atoms. The first-order chi connectivity index (χ1) is 26.9. The van der Waals surface area contributed by atoms with Gasteiger partial charge in [0.1, 0.15) is 12.1 Å². The molecule has 0 saturated carbocycles. The summed E-state index contributed by atoms with van der Waals surface area (Å²) in [6.07, 6.45) is 3.95. The van der Waals surface area contributed by atoms with Crippen LogP contribution in [0.25, 0.3) is 0 Å². The van der Waals surface area contributed by atoms with Crippen LogP contribution in [0, 0.1) is 10.8 Å². The van der Waals surface area contributed by atoms with Gasteiger partial charge in [-0.2, -0.15) is 0 Å². The molecule has 3 unspecified atom stereocenters. The fourth-order valence-electron chi connectivity index (χ4n) is 7.46. The molecule has 58 heavy (non-hydrogen) atoms. The van der Waals surface area contributed by atoms with E-state index < -0.39 is 69.8 Å². The Morgan fingerprint density at radius 1 is 0.983 bits per heavy atom. The summed E-state index contributed by atoms with van der Waals surface area (Å²) >= 11 is 1.10. The first-order valence-electron chi connectivity index (χ1n) is 20.1. The van der Waals surface area contributed by atoms with E-state index in [1.807, 2.05) is 20.8 Å². The molecule has 0 spiro atoms. The largest absolute Gasteiger partial charge is 0.481 e. The number of carbonyl (C=O) groups excluding carboxylic acids is 6. The molecule has 0 aromatic rings. The molecule has 6 amide bonds. The third-order valence-electron chi connectivity index (χ3n) is 10.9. The molecule has 5 atom stereocenters. The van der Waals surface area contributed by atoms with E-state index in [0.717, 1.165) is 42.5 Å². The normalized spacial score (nSPS) is 19.7. The van der Waals surface area contributed by atoms with Crippen molar-refractivity contribution in [2.24, 2.45) is 10.8 Å². The SMILES string of the molecule is CN[C@H](C(=O)NC(C(=O)N(C)C/C=C(\C)C(=O)N[C@H](CCC(=O)NCCN1C(=O)CC(SCCC(=O)O)C1=O)C(=O)O)C(C)(C)C)C(C)(C)C1CCCCN1C(C)C. The van der Waals surface area contributed by atoms with E-state index in [2.05, 4.69) is 53.9 Å². The van der Waals surface area contributed by atoms with Gasteiger partial charge in [0.05, 0.1) is 17.7 Å². The molecule has 0 aliphatic carbocycles. The second-order valence-corrected chi connectivity index (χ2v) is 18.5. The third-order valence-corrected chi connectivity index (χ3v) is 12.1. The van der Waals surface area contributed by atoms with Crippen LogP contribution in [0.3, 0.4) is 0 Å². The number of nitrogens with zero attached hydrogens (tertiary/aromatic N) is 3. The Labute approximate surface area is 347 Å². The zero-order valence-electron chi connectivity index (χ0n) is 35.9. The number of hydrogen-bond acceptors (Lipinski definition) is 11. The maximum atomic E-state index is 14.0.